The average Bonchev–Trinajstić information content (AvgIpc) is 3.19. The summed E-state index contributed by atoms with van der Waals surface area (Å²) in [6.07, 6.45) is 0. The number of ether oxygens (including phenoxy) is 1. The number of thiazole rings is 1. The van der Waals surface area contributed by atoms with Crippen molar-refractivity contribution in [2.45, 2.75) is 6.92 Å². The van der Waals surface area contributed by atoms with Crippen LogP contribution in [0.25, 0.3) is 11.3 Å². The van der Waals surface area contributed by atoms with Crippen molar-refractivity contribution < 1.29 is 4.74 Å². The summed E-state index contributed by atoms with van der Waals surface area (Å²) in [6.45, 7) is 7.07. The second kappa shape index (κ2) is 8.63. The Morgan fingerprint density at radius 3 is 2.39 bits per heavy atom. The molecule has 2 aromatic carbocycles. The van der Waals surface area contributed by atoms with Crippen LogP contribution in [0.4, 0.5) is 16.5 Å². The van der Waals surface area contributed by atoms with Crippen LogP contribution in [0.15, 0.2) is 53.9 Å². The highest BCUT2D eigenvalue weighted by molar-refractivity contribution is 7.14. The summed E-state index contributed by atoms with van der Waals surface area (Å²) < 4.78 is 5.49. The summed E-state index contributed by atoms with van der Waals surface area (Å²) in [5, 5.41) is 6.36. The van der Waals surface area contributed by atoms with E-state index in [2.05, 4.69) is 51.8 Å². The number of hydrogen-bond acceptors (Lipinski definition) is 6. The van der Waals surface area contributed by atoms with Gasteiger partial charge in [-0.15, -0.1) is 11.3 Å². The van der Waals surface area contributed by atoms with Gasteiger partial charge in [0, 0.05) is 48.5 Å². The van der Waals surface area contributed by atoms with Gasteiger partial charge in [-0.2, -0.15) is 0 Å². The summed E-state index contributed by atoms with van der Waals surface area (Å²) >= 11 is 1.62. The van der Waals surface area contributed by atoms with Gasteiger partial charge in [0.15, 0.2) is 5.13 Å². The Bertz CT molecular complexity index is 884. The van der Waals surface area contributed by atoms with Crippen LogP contribution in [-0.2, 0) is 0 Å². The number of hydrogen-bond donors (Lipinski definition) is 1. The molecule has 1 N–H and O–H groups in total. The third-order valence-corrected chi connectivity index (χ3v) is 5.71. The van der Waals surface area contributed by atoms with Crippen LogP contribution in [0, 0.1) is 0 Å². The van der Waals surface area contributed by atoms with Crippen molar-refractivity contribution >= 4 is 27.8 Å². The van der Waals surface area contributed by atoms with Crippen molar-refractivity contribution in [2.24, 2.45) is 0 Å². The summed E-state index contributed by atoms with van der Waals surface area (Å²) in [4.78, 5) is 9.56. The van der Waals surface area contributed by atoms with Crippen molar-refractivity contribution in [3.8, 4) is 17.0 Å². The summed E-state index contributed by atoms with van der Waals surface area (Å²) in [7, 11) is 2.18. The minimum absolute atomic E-state index is 0.677. The summed E-state index contributed by atoms with van der Waals surface area (Å²) in [5.41, 5.74) is 4.45. The normalized spacial score (nSPS) is 14.9. The molecule has 0 bridgehead atoms. The Balaban J connectivity index is 1.41. The van der Waals surface area contributed by atoms with E-state index in [1.165, 1.54) is 5.69 Å². The van der Waals surface area contributed by atoms with Gasteiger partial charge in [-0.25, -0.2) is 4.98 Å². The Morgan fingerprint density at radius 1 is 1.00 bits per heavy atom. The van der Waals surface area contributed by atoms with E-state index in [-0.39, 0.29) is 0 Å². The summed E-state index contributed by atoms with van der Waals surface area (Å²) in [6, 6.07) is 16.7. The molecule has 0 radical (unpaired) electrons. The van der Waals surface area contributed by atoms with E-state index >= 15 is 0 Å². The van der Waals surface area contributed by atoms with Gasteiger partial charge in [-0.3, -0.25) is 0 Å². The Labute approximate surface area is 170 Å². The first-order valence-corrected chi connectivity index (χ1v) is 10.6. The predicted molar refractivity (Wildman–Crippen MR) is 118 cm³/mol. The van der Waals surface area contributed by atoms with Crippen LogP contribution in [0.5, 0.6) is 5.75 Å². The monoisotopic (exact) mass is 394 g/mol. The first kappa shape index (κ1) is 18.8. The highest BCUT2D eigenvalue weighted by atomic mass is 32.1. The lowest BCUT2D eigenvalue weighted by Crippen LogP contribution is -2.44. The number of rotatable bonds is 6. The van der Waals surface area contributed by atoms with Crippen LogP contribution < -0.4 is 15.0 Å². The number of benzene rings is 2. The molecule has 0 spiro atoms. The maximum absolute atomic E-state index is 5.49. The molecule has 0 amide bonds. The zero-order valence-corrected chi connectivity index (χ0v) is 17.2. The molecule has 0 aliphatic carbocycles. The molecule has 1 aliphatic heterocycles. The Morgan fingerprint density at radius 2 is 1.71 bits per heavy atom. The SMILES string of the molecule is CCOc1ccc(Nc2nc(-c3ccc(N4CCN(C)CC4)cc3)cs2)cc1. The standard InChI is InChI=1S/C22H26N4OS/c1-3-27-20-10-6-18(7-11-20)23-22-24-21(16-28-22)17-4-8-19(9-5-17)26-14-12-25(2)13-15-26/h4-11,16H,3,12-15H2,1-2H3,(H,23,24). The van der Waals surface area contributed by atoms with Gasteiger partial charge in [-0.1, -0.05) is 12.1 Å². The molecule has 146 valence electrons. The highest BCUT2D eigenvalue weighted by Gasteiger charge is 2.14. The average molecular weight is 395 g/mol. The fourth-order valence-corrected chi connectivity index (χ4v) is 4.04. The van der Waals surface area contributed by atoms with E-state index in [1.54, 1.807) is 11.3 Å². The fourth-order valence-electron chi connectivity index (χ4n) is 3.30. The zero-order valence-electron chi connectivity index (χ0n) is 16.4. The molecule has 0 saturated carbocycles. The van der Waals surface area contributed by atoms with E-state index < -0.39 is 0 Å². The number of nitrogens with one attached hydrogen (secondary N) is 1. The largest absolute Gasteiger partial charge is 0.494 e. The fraction of sp³-hybridized carbons (Fsp3) is 0.318. The van der Waals surface area contributed by atoms with Crippen molar-refractivity contribution in [2.75, 3.05) is 50.1 Å². The lowest BCUT2D eigenvalue weighted by atomic mass is 10.1. The lowest BCUT2D eigenvalue weighted by Gasteiger charge is -2.34. The first-order chi connectivity index (χ1) is 13.7. The van der Waals surface area contributed by atoms with Crippen LogP contribution in [0.3, 0.4) is 0 Å². The Hall–Kier alpha value is -2.57. The van der Waals surface area contributed by atoms with Gasteiger partial charge in [0.2, 0.25) is 0 Å². The quantitative estimate of drug-likeness (QED) is 0.656. The van der Waals surface area contributed by atoms with Crippen molar-refractivity contribution in [3.05, 3.63) is 53.9 Å². The van der Waals surface area contributed by atoms with Gasteiger partial charge in [-0.05, 0) is 50.4 Å². The topological polar surface area (TPSA) is 40.6 Å². The molecule has 5 nitrogen and oxygen atoms in total. The molecule has 1 aliphatic rings. The van der Waals surface area contributed by atoms with Crippen LogP contribution in [0.2, 0.25) is 0 Å². The number of aromatic nitrogens is 1. The van der Waals surface area contributed by atoms with Gasteiger partial charge in [0.1, 0.15) is 5.75 Å². The van der Waals surface area contributed by atoms with E-state index in [4.69, 9.17) is 9.72 Å². The number of anilines is 3. The first-order valence-electron chi connectivity index (χ1n) is 9.70. The van der Waals surface area contributed by atoms with E-state index in [0.717, 1.165) is 54.0 Å². The molecular formula is C22H26N4OS. The van der Waals surface area contributed by atoms with Gasteiger partial charge >= 0.3 is 0 Å². The molecule has 3 aromatic rings. The van der Waals surface area contributed by atoms with Gasteiger partial charge in [0.25, 0.3) is 0 Å². The zero-order chi connectivity index (χ0) is 19.3. The number of piperazine rings is 1. The van der Waals surface area contributed by atoms with Crippen LogP contribution in [-0.4, -0.2) is 49.7 Å². The molecule has 6 heteroatoms. The predicted octanol–water partition coefficient (Wildman–Crippen LogP) is 4.70. The number of nitrogens with zero attached hydrogens (tertiary/aromatic N) is 3. The minimum Gasteiger partial charge on any atom is -0.494 e. The second-order valence-corrected chi connectivity index (χ2v) is 7.82. The van der Waals surface area contributed by atoms with Crippen molar-refractivity contribution in [1.29, 1.82) is 0 Å². The number of likely N-dealkylation sites (N-methyl/N-ethyl adjacent to an activating group) is 1. The molecule has 4 rings (SSSR count). The smallest absolute Gasteiger partial charge is 0.187 e. The maximum atomic E-state index is 5.49. The highest BCUT2D eigenvalue weighted by Crippen LogP contribution is 2.29. The lowest BCUT2D eigenvalue weighted by molar-refractivity contribution is 0.313. The molecule has 1 aromatic heterocycles. The molecule has 2 heterocycles. The van der Waals surface area contributed by atoms with Crippen LogP contribution >= 0.6 is 11.3 Å². The maximum Gasteiger partial charge on any atom is 0.187 e. The minimum atomic E-state index is 0.677. The molecule has 0 unspecified atom stereocenters. The summed E-state index contributed by atoms with van der Waals surface area (Å²) in [5.74, 6) is 0.883. The van der Waals surface area contributed by atoms with E-state index in [0.29, 0.717) is 6.61 Å². The molecule has 1 fully saturated rings. The molecule has 28 heavy (non-hydrogen) atoms. The third kappa shape index (κ3) is 4.46. The van der Waals surface area contributed by atoms with Crippen molar-refractivity contribution in [3.63, 3.8) is 0 Å². The Kier molecular flexibility index (Phi) is 5.78. The van der Waals surface area contributed by atoms with Crippen LogP contribution in [0.1, 0.15) is 6.92 Å². The molecule has 0 atom stereocenters. The molecule has 1 saturated heterocycles. The van der Waals surface area contributed by atoms with E-state index in [9.17, 15) is 0 Å². The van der Waals surface area contributed by atoms with Crippen molar-refractivity contribution in [1.82, 2.24) is 9.88 Å². The molecular weight excluding hydrogens is 368 g/mol. The third-order valence-electron chi connectivity index (χ3n) is 4.95. The van der Waals surface area contributed by atoms with Gasteiger partial charge in [0.05, 0.1) is 12.3 Å². The van der Waals surface area contributed by atoms with Gasteiger partial charge < -0.3 is 19.9 Å². The second-order valence-electron chi connectivity index (χ2n) is 6.96. The van der Waals surface area contributed by atoms with E-state index in [1.807, 2.05) is 31.2 Å².